The van der Waals surface area contributed by atoms with E-state index in [-0.39, 0.29) is 11.8 Å². The Morgan fingerprint density at radius 1 is 0.824 bits per heavy atom. The number of nitrogens with zero attached hydrogens (tertiary/aromatic N) is 1. The summed E-state index contributed by atoms with van der Waals surface area (Å²) in [6.07, 6.45) is 3.43. The summed E-state index contributed by atoms with van der Waals surface area (Å²) in [7, 11) is 0. The van der Waals surface area contributed by atoms with E-state index in [2.05, 4.69) is 24.4 Å². The number of amides is 2. The highest BCUT2D eigenvalue weighted by molar-refractivity contribution is 5.88. The van der Waals surface area contributed by atoms with Crippen molar-refractivity contribution in [2.75, 3.05) is 6.54 Å². The standard InChI is InChI=1S/C30H36N2O2/c1-3-4-21-31-30(34)28(22-26-13-9-6-10-14-26)32(23-27-17-15-24(2)16-18-27)29(33)20-19-25-11-7-5-8-12-25/h5-18,28H,3-4,19-23H2,1-2H3,(H,31,34)/t28-/m1/s1. The van der Waals surface area contributed by atoms with Crippen LogP contribution in [0.2, 0.25) is 0 Å². The largest absolute Gasteiger partial charge is 0.354 e. The van der Waals surface area contributed by atoms with E-state index in [1.165, 1.54) is 5.56 Å². The van der Waals surface area contributed by atoms with Gasteiger partial charge in [0.2, 0.25) is 11.8 Å². The molecule has 0 aliphatic rings. The molecule has 0 aromatic heterocycles. The number of benzene rings is 3. The molecule has 0 saturated heterocycles. The molecule has 1 atom stereocenters. The molecule has 1 N–H and O–H groups in total. The lowest BCUT2D eigenvalue weighted by molar-refractivity contribution is -0.141. The van der Waals surface area contributed by atoms with Crippen molar-refractivity contribution >= 4 is 11.8 Å². The Labute approximate surface area is 204 Å². The first-order valence-corrected chi connectivity index (χ1v) is 12.3. The topological polar surface area (TPSA) is 49.4 Å². The van der Waals surface area contributed by atoms with Gasteiger partial charge in [-0.1, -0.05) is 104 Å². The van der Waals surface area contributed by atoms with Gasteiger partial charge < -0.3 is 10.2 Å². The molecule has 0 aliphatic carbocycles. The van der Waals surface area contributed by atoms with Gasteiger partial charge in [0.1, 0.15) is 6.04 Å². The van der Waals surface area contributed by atoms with E-state index in [0.717, 1.165) is 29.5 Å². The van der Waals surface area contributed by atoms with Gasteiger partial charge in [-0.25, -0.2) is 0 Å². The summed E-state index contributed by atoms with van der Waals surface area (Å²) in [6, 6.07) is 27.6. The van der Waals surface area contributed by atoms with Gasteiger partial charge in [-0.05, 0) is 36.5 Å². The van der Waals surface area contributed by atoms with Crippen LogP contribution in [0.25, 0.3) is 0 Å². The molecule has 3 aromatic carbocycles. The minimum absolute atomic E-state index is 0.00370. The Balaban J connectivity index is 1.86. The van der Waals surface area contributed by atoms with Gasteiger partial charge in [-0.2, -0.15) is 0 Å². The van der Waals surface area contributed by atoms with Gasteiger partial charge in [0, 0.05) is 25.9 Å². The molecule has 178 valence electrons. The van der Waals surface area contributed by atoms with E-state index < -0.39 is 6.04 Å². The maximum atomic E-state index is 13.6. The van der Waals surface area contributed by atoms with Crippen molar-refractivity contribution in [1.82, 2.24) is 10.2 Å². The lowest BCUT2D eigenvalue weighted by Gasteiger charge is -2.32. The summed E-state index contributed by atoms with van der Waals surface area (Å²) in [5.74, 6) is -0.0894. The van der Waals surface area contributed by atoms with E-state index in [9.17, 15) is 9.59 Å². The molecular weight excluding hydrogens is 420 g/mol. The number of nitrogens with one attached hydrogen (secondary N) is 1. The highest BCUT2D eigenvalue weighted by Crippen LogP contribution is 2.17. The lowest BCUT2D eigenvalue weighted by atomic mass is 10.0. The Bertz CT molecular complexity index is 1020. The summed E-state index contributed by atoms with van der Waals surface area (Å²) in [5.41, 5.74) is 4.36. The number of rotatable bonds is 12. The highest BCUT2D eigenvalue weighted by Gasteiger charge is 2.30. The van der Waals surface area contributed by atoms with Crippen molar-refractivity contribution in [3.05, 3.63) is 107 Å². The lowest BCUT2D eigenvalue weighted by Crippen LogP contribution is -2.50. The molecule has 0 fully saturated rings. The van der Waals surface area contributed by atoms with Gasteiger partial charge in [0.25, 0.3) is 0 Å². The summed E-state index contributed by atoms with van der Waals surface area (Å²) in [6.45, 7) is 5.18. The average Bonchev–Trinajstić information content (AvgIpc) is 2.87. The zero-order valence-corrected chi connectivity index (χ0v) is 20.4. The molecule has 0 aliphatic heterocycles. The van der Waals surface area contributed by atoms with Gasteiger partial charge in [-0.3, -0.25) is 9.59 Å². The third-order valence-electron chi connectivity index (χ3n) is 6.04. The van der Waals surface area contributed by atoms with Crippen molar-refractivity contribution in [3.63, 3.8) is 0 Å². The van der Waals surface area contributed by atoms with Crippen LogP contribution in [0.1, 0.15) is 48.4 Å². The predicted molar refractivity (Wildman–Crippen MR) is 138 cm³/mol. The van der Waals surface area contributed by atoms with Crippen LogP contribution in [-0.2, 0) is 29.0 Å². The minimum Gasteiger partial charge on any atom is -0.354 e. The molecule has 2 amide bonds. The summed E-state index contributed by atoms with van der Waals surface area (Å²) >= 11 is 0. The SMILES string of the molecule is CCCCNC(=O)[C@@H](Cc1ccccc1)N(Cc1ccc(C)cc1)C(=O)CCc1ccccc1. The Hall–Kier alpha value is -3.40. The first-order chi connectivity index (χ1) is 16.6. The number of hydrogen-bond acceptors (Lipinski definition) is 2. The first kappa shape index (κ1) is 25.2. The number of unbranched alkanes of at least 4 members (excludes halogenated alkanes) is 1. The maximum Gasteiger partial charge on any atom is 0.243 e. The molecule has 34 heavy (non-hydrogen) atoms. The molecule has 0 radical (unpaired) electrons. The van der Waals surface area contributed by atoms with Crippen molar-refractivity contribution in [2.45, 2.75) is 58.5 Å². The van der Waals surface area contributed by atoms with E-state index in [0.29, 0.717) is 32.4 Å². The van der Waals surface area contributed by atoms with Gasteiger partial charge in [-0.15, -0.1) is 0 Å². The fraction of sp³-hybridized carbons (Fsp3) is 0.333. The van der Waals surface area contributed by atoms with Crippen LogP contribution in [0.5, 0.6) is 0 Å². The molecule has 4 heteroatoms. The fourth-order valence-electron chi connectivity index (χ4n) is 3.99. The number of carbonyl (C=O) groups is 2. The zero-order chi connectivity index (χ0) is 24.2. The third-order valence-corrected chi connectivity index (χ3v) is 6.04. The van der Waals surface area contributed by atoms with Crippen LogP contribution in [0.15, 0.2) is 84.9 Å². The molecule has 0 unspecified atom stereocenters. The Kier molecular flexibility index (Phi) is 9.90. The van der Waals surface area contributed by atoms with Crippen LogP contribution in [0, 0.1) is 6.92 Å². The average molecular weight is 457 g/mol. The molecule has 3 aromatic rings. The fourth-order valence-corrected chi connectivity index (χ4v) is 3.99. The van der Waals surface area contributed by atoms with Crippen LogP contribution in [-0.4, -0.2) is 29.3 Å². The second kappa shape index (κ2) is 13.3. The van der Waals surface area contributed by atoms with Gasteiger partial charge in [0.15, 0.2) is 0 Å². The minimum atomic E-state index is -0.566. The predicted octanol–water partition coefficient (Wildman–Crippen LogP) is 5.48. The molecule has 0 saturated carbocycles. The number of hydrogen-bond donors (Lipinski definition) is 1. The van der Waals surface area contributed by atoms with Crippen LogP contribution < -0.4 is 5.32 Å². The van der Waals surface area contributed by atoms with Gasteiger partial charge in [0.05, 0.1) is 0 Å². The van der Waals surface area contributed by atoms with Crippen LogP contribution in [0.4, 0.5) is 0 Å². The molecular formula is C30H36N2O2. The quantitative estimate of drug-likeness (QED) is 0.367. The second-order valence-corrected chi connectivity index (χ2v) is 8.84. The maximum absolute atomic E-state index is 13.6. The summed E-state index contributed by atoms with van der Waals surface area (Å²) in [4.78, 5) is 28.8. The Morgan fingerprint density at radius 2 is 1.44 bits per heavy atom. The molecule has 4 nitrogen and oxygen atoms in total. The van der Waals surface area contributed by atoms with E-state index in [4.69, 9.17) is 0 Å². The van der Waals surface area contributed by atoms with Crippen LogP contribution >= 0.6 is 0 Å². The normalized spacial score (nSPS) is 11.6. The van der Waals surface area contributed by atoms with Crippen molar-refractivity contribution in [1.29, 1.82) is 0 Å². The second-order valence-electron chi connectivity index (χ2n) is 8.84. The van der Waals surface area contributed by atoms with Crippen molar-refractivity contribution in [2.24, 2.45) is 0 Å². The van der Waals surface area contributed by atoms with Gasteiger partial charge >= 0.3 is 0 Å². The molecule has 0 spiro atoms. The monoisotopic (exact) mass is 456 g/mol. The first-order valence-electron chi connectivity index (χ1n) is 12.3. The summed E-state index contributed by atoms with van der Waals surface area (Å²) < 4.78 is 0. The molecule has 0 bridgehead atoms. The number of carbonyl (C=O) groups excluding carboxylic acids is 2. The van der Waals surface area contributed by atoms with E-state index >= 15 is 0 Å². The van der Waals surface area contributed by atoms with Crippen molar-refractivity contribution < 1.29 is 9.59 Å². The zero-order valence-electron chi connectivity index (χ0n) is 20.4. The smallest absolute Gasteiger partial charge is 0.243 e. The van der Waals surface area contributed by atoms with Crippen LogP contribution in [0.3, 0.4) is 0 Å². The number of aryl methyl sites for hydroxylation is 2. The van der Waals surface area contributed by atoms with E-state index in [1.807, 2.05) is 79.7 Å². The molecule has 3 rings (SSSR count). The van der Waals surface area contributed by atoms with E-state index in [1.54, 1.807) is 4.90 Å². The third kappa shape index (κ3) is 7.87. The Morgan fingerprint density at radius 3 is 2.06 bits per heavy atom. The molecule has 0 heterocycles. The summed E-state index contributed by atoms with van der Waals surface area (Å²) in [5, 5.41) is 3.08. The highest BCUT2D eigenvalue weighted by atomic mass is 16.2. The van der Waals surface area contributed by atoms with Crippen molar-refractivity contribution in [3.8, 4) is 0 Å².